The summed E-state index contributed by atoms with van der Waals surface area (Å²) in [5.41, 5.74) is 6.16. The average Bonchev–Trinajstić information content (AvgIpc) is 3.54. The third-order valence-corrected chi connectivity index (χ3v) is 6.82. The number of anilines is 1. The van der Waals surface area contributed by atoms with E-state index in [1.165, 1.54) is 12.8 Å². The molecule has 3 aromatic rings. The van der Waals surface area contributed by atoms with E-state index >= 15 is 0 Å². The van der Waals surface area contributed by atoms with Gasteiger partial charge in [0.25, 0.3) is 11.8 Å². The Morgan fingerprint density at radius 1 is 1.18 bits per heavy atom. The normalized spacial score (nSPS) is 16.6. The molecule has 5 rings (SSSR count). The minimum absolute atomic E-state index is 0.103. The van der Waals surface area contributed by atoms with Crippen LogP contribution in [0.4, 0.5) is 5.69 Å². The van der Waals surface area contributed by atoms with E-state index in [-0.39, 0.29) is 11.8 Å². The zero-order valence-corrected chi connectivity index (χ0v) is 19.8. The fourth-order valence-corrected chi connectivity index (χ4v) is 4.95. The molecule has 0 atom stereocenters. The van der Waals surface area contributed by atoms with E-state index in [0.717, 1.165) is 53.3 Å². The van der Waals surface area contributed by atoms with E-state index in [2.05, 4.69) is 20.5 Å². The molecule has 7 heteroatoms. The molecular weight excluding hydrogens is 448 g/mol. The summed E-state index contributed by atoms with van der Waals surface area (Å²) in [7, 11) is 0. The highest BCUT2D eigenvalue weighted by Gasteiger charge is 2.28. The SMILES string of the molecule is Cc1c(C(=O)NCCN2CCCC2)c[nH]c1/C=C1\C(=O)Nc2cccc(-c3cccc(Cl)c3)c21. The molecule has 0 radical (unpaired) electrons. The van der Waals surface area contributed by atoms with E-state index in [1.807, 2.05) is 55.5 Å². The van der Waals surface area contributed by atoms with Gasteiger partial charge < -0.3 is 20.5 Å². The Morgan fingerprint density at radius 3 is 2.76 bits per heavy atom. The molecule has 0 aliphatic carbocycles. The predicted molar refractivity (Wildman–Crippen MR) is 137 cm³/mol. The van der Waals surface area contributed by atoms with Crippen molar-refractivity contribution in [2.75, 3.05) is 31.5 Å². The zero-order valence-electron chi connectivity index (χ0n) is 19.1. The maximum absolute atomic E-state index is 12.9. The standard InChI is InChI=1S/C27H27ClN4O2/c1-17-22(26(33)29-10-13-32-11-2-3-12-32)16-30-24(17)15-21-25-20(18-6-4-7-19(28)14-18)8-5-9-23(25)31-27(21)34/h4-9,14-16,30H,2-3,10-13H2,1H3,(H,29,33)(H,31,34)/b21-15-. The molecule has 3 heterocycles. The topological polar surface area (TPSA) is 77.2 Å². The molecule has 2 aliphatic heterocycles. The third-order valence-electron chi connectivity index (χ3n) is 6.59. The lowest BCUT2D eigenvalue weighted by atomic mass is 9.94. The van der Waals surface area contributed by atoms with Gasteiger partial charge in [-0.25, -0.2) is 0 Å². The Morgan fingerprint density at radius 2 is 1.97 bits per heavy atom. The fourth-order valence-electron chi connectivity index (χ4n) is 4.75. The maximum Gasteiger partial charge on any atom is 0.256 e. The van der Waals surface area contributed by atoms with E-state index < -0.39 is 0 Å². The minimum atomic E-state index is -0.171. The number of rotatable bonds is 6. The smallest absolute Gasteiger partial charge is 0.256 e. The van der Waals surface area contributed by atoms with Gasteiger partial charge in [0.2, 0.25) is 0 Å². The van der Waals surface area contributed by atoms with E-state index in [4.69, 9.17) is 11.6 Å². The number of carbonyl (C=O) groups excluding carboxylic acids is 2. The second-order valence-electron chi connectivity index (χ2n) is 8.80. The Balaban J connectivity index is 1.41. The molecule has 1 saturated heterocycles. The van der Waals surface area contributed by atoms with Crippen molar-refractivity contribution in [3.8, 4) is 11.1 Å². The van der Waals surface area contributed by atoms with E-state index in [1.54, 1.807) is 6.20 Å². The zero-order chi connectivity index (χ0) is 23.7. The first-order chi connectivity index (χ1) is 16.5. The van der Waals surface area contributed by atoms with Gasteiger partial charge >= 0.3 is 0 Å². The van der Waals surface area contributed by atoms with Gasteiger partial charge in [-0.15, -0.1) is 0 Å². The predicted octanol–water partition coefficient (Wildman–Crippen LogP) is 4.96. The van der Waals surface area contributed by atoms with Crippen LogP contribution in [-0.4, -0.2) is 47.9 Å². The Kier molecular flexibility index (Phi) is 6.26. The largest absolute Gasteiger partial charge is 0.361 e. The molecule has 174 valence electrons. The van der Waals surface area contributed by atoms with Crippen molar-refractivity contribution in [1.82, 2.24) is 15.2 Å². The van der Waals surface area contributed by atoms with Crippen molar-refractivity contribution in [2.45, 2.75) is 19.8 Å². The summed E-state index contributed by atoms with van der Waals surface area (Å²) in [4.78, 5) is 31.2. The van der Waals surface area contributed by atoms with Crippen LogP contribution in [0.5, 0.6) is 0 Å². The number of fused-ring (bicyclic) bond motifs is 1. The molecule has 1 aromatic heterocycles. The van der Waals surface area contributed by atoms with Gasteiger partial charge in [0.05, 0.1) is 11.1 Å². The number of benzene rings is 2. The molecule has 0 spiro atoms. The highest BCUT2D eigenvalue weighted by atomic mass is 35.5. The lowest BCUT2D eigenvalue weighted by Crippen LogP contribution is -2.33. The molecule has 0 saturated carbocycles. The number of halogens is 1. The van der Waals surface area contributed by atoms with Crippen molar-refractivity contribution in [1.29, 1.82) is 0 Å². The summed E-state index contributed by atoms with van der Waals surface area (Å²) in [5, 5.41) is 6.62. The summed E-state index contributed by atoms with van der Waals surface area (Å²) < 4.78 is 0. The quantitative estimate of drug-likeness (QED) is 0.442. The molecule has 0 bridgehead atoms. The number of likely N-dealkylation sites (tertiary alicyclic amines) is 1. The summed E-state index contributed by atoms with van der Waals surface area (Å²) in [5.74, 6) is -0.274. The van der Waals surface area contributed by atoms with Gasteiger partial charge in [0.15, 0.2) is 0 Å². The monoisotopic (exact) mass is 474 g/mol. The first kappa shape index (κ1) is 22.4. The van der Waals surface area contributed by atoms with E-state index in [0.29, 0.717) is 22.7 Å². The molecule has 34 heavy (non-hydrogen) atoms. The number of amides is 2. The van der Waals surface area contributed by atoms with Gasteiger partial charge in [-0.2, -0.15) is 0 Å². The number of hydrogen-bond acceptors (Lipinski definition) is 3. The van der Waals surface area contributed by atoms with Gasteiger partial charge in [-0.3, -0.25) is 9.59 Å². The molecular formula is C27H27ClN4O2. The average molecular weight is 475 g/mol. The number of nitrogens with one attached hydrogen (secondary N) is 3. The molecule has 2 amide bonds. The second-order valence-corrected chi connectivity index (χ2v) is 9.23. The van der Waals surface area contributed by atoms with Crippen LogP contribution in [0.15, 0.2) is 48.7 Å². The summed E-state index contributed by atoms with van der Waals surface area (Å²) in [6.07, 6.45) is 6.01. The van der Waals surface area contributed by atoms with Crippen LogP contribution >= 0.6 is 11.6 Å². The van der Waals surface area contributed by atoms with Crippen molar-refractivity contribution >= 4 is 40.8 Å². The van der Waals surface area contributed by atoms with E-state index in [9.17, 15) is 9.59 Å². The number of carbonyl (C=O) groups is 2. The van der Waals surface area contributed by atoms with Gasteiger partial charge in [0, 0.05) is 41.3 Å². The van der Waals surface area contributed by atoms with Crippen LogP contribution < -0.4 is 10.6 Å². The number of aromatic nitrogens is 1. The maximum atomic E-state index is 12.9. The highest BCUT2D eigenvalue weighted by molar-refractivity contribution is 6.36. The van der Waals surface area contributed by atoms with Crippen molar-refractivity contribution < 1.29 is 9.59 Å². The number of aromatic amines is 1. The fraction of sp³-hybridized carbons (Fsp3) is 0.259. The Hall–Kier alpha value is -3.35. The van der Waals surface area contributed by atoms with Gasteiger partial charge in [-0.05, 0) is 73.8 Å². The number of hydrogen-bond donors (Lipinski definition) is 3. The summed E-state index contributed by atoms with van der Waals surface area (Å²) >= 11 is 6.22. The van der Waals surface area contributed by atoms with Crippen molar-refractivity contribution in [3.63, 3.8) is 0 Å². The third kappa shape index (κ3) is 4.39. The Bertz CT molecular complexity index is 1290. The van der Waals surface area contributed by atoms with Gasteiger partial charge in [0.1, 0.15) is 0 Å². The number of nitrogens with zero attached hydrogens (tertiary/aromatic N) is 1. The molecule has 1 fully saturated rings. The first-order valence-electron chi connectivity index (χ1n) is 11.6. The minimum Gasteiger partial charge on any atom is -0.361 e. The van der Waals surface area contributed by atoms with Crippen LogP contribution in [0.25, 0.3) is 22.8 Å². The lowest BCUT2D eigenvalue weighted by Gasteiger charge is -2.14. The second kappa shape index (κ2) is 9.49. The molecule has 2 aromatic carbocycles. The van der Waals surface area contributed by atoms with Crippen LogP contribution in [0, 0.1) is 6.92 Å². The van der Waals surface area contributed by atoms with Crippen LogP contribution in [0.2, 0.25) is 5.02 Å². The summed E-state index contributed by atoms with van der Waals surface area (Å²) in [6, 6.07) is 13.4. The molecule has 2 aliphatic rings. The molecule has 6 nitrogen and oxygen atoms in total. The Labute approximate surface area is 204 Å². The van der Waals surface area contributed by atoms with Crippen molar-refractivity contribution in [2.24, 2.45) is 0 Å². The number of H-pyrrole nitrogens is 1. The van der Waals surface area contributed by atoms with Crippen LogP contribution in [0.1, 0.15) is 40.0 Å². The summed E-state index contributed by atoms with van der Waals surface area (Å²) in [6.45, 7) is 5.61. The highest BCUT2D eigenvalue weighted by Crippen LogP contribution is 2.41. The van der Waals surface area contributed by atoms with Crippen LogP contribution in [-0.2, 0) is 4.79 Å². The first-order valence-corrected chi connectivity index (χ1v) is 12.0. The van der Waals surface area contributed by atoms with Crippen LogP contribution in [0.3, 0.4) is 0 Å². The van der Waals surface area contributed by atoms with Crippen molar-refractivity contribution in [3.05, 3.63) is 76.1 Å². The molecule has 3 N–H and O–H groups in total. The lowest BCUT2D eigenvalue weighted by molar-refractivity contribution is -0.110. The molecule has 0 unspecified atom stereocenters. The van der Waals surface area contributed by atoms with Gasteiger partial charge in [-0.1, -0.05) is 35.9 Å².